The minimum Gasteiger partial charge on any atom is -0.338 e. The predicted octanol–water partition coefficient (Wildman–Crippen LogP) is 2.83. The summed E-state index contributed by atoms with van der Waals surface area (Å²) in [5, 5.41) is 0.494. The molecule has 0 N–H and O–H groups in total. The summed E-state index contributed by atoms with van der Waals surface area (Å²) in [7, 11) is 0. The average Bonchev–Trinajstić information content (AvgIpc) is 2.56. The van der Waals surface area contributed by atoms with Crippen LogP contribution in [0, 0.1) is 0 Å². The number of carbonyl (C=O) groups is 1. The van der Waals surface area contributed by atoms with Gasteiger partial charge in [-0.2, -0.15) is 0 Å². The maximum atomic E-state index is 12.5. The molecule has 114 valence electrons. The van der Waals surface area contributed by atoms with Gasteiger partial charge in [-0.3, -0.25) is 9.78 Å². The van der Waals surface area contributed by atoms with Gasteiger partial charge >= 0.3 is 0 Å². The van der Waals surface area contributed by atoms with Crippen molar-refractivity contribution in [2.45, 2.75) is 38.1 Å². The lowest BCUT2D eigenvalue weighted by Crippen LogP contribution is -2.48. The Labute approximate surface area is 131 Å². The van der Waals surface area contributed by atoms with Gasteiger partial charge in [-0.15, -0.1) is 0 Å². The largest absolute Gasteiger partial charge is 0.338 e. The van der Waals surface area contributed by atoms with E-state index in [0.29, 0.717) is 16.6 Å². The third-order valence-electron chi connectivity index (χ3n) is 4.66. The number of likely N-dealkylation sites (tertiary alicyclic amines) is 2. The zero-order valence-corrected chi connectivity index (χ0v) is 13.1. The Bertz CT molecular complexity index is 494. The average molecular weight is 308 g/mol. The van der Waals surface area contributed by atoms with Gasteiger partial charge in [0.1, 0.15) is 0 Å². The Morgan fingerprint density at radius 1 is 1.14 bits per heavy atom. The van der Waals surface area contributed by atoms with Crippen molar-refractivity contribution >= 4 is 17.5 Å². The number of hydrogen-bond donors (Lipinski definition) is 0. The van der Waals surface area contributed by atoms with Crippen LogP contribution in [0.4, 0.5) is 0 Å². The standard InChI is InChI=1S/C16H22ClN3O/c17-15-4-7-18-12-14(15)16(21)20-10-5-13(6-11-20)19-8-2-1-3-9-19/h4,7,12-13H,1-3,5-6,8-11H2. The zero-order valence-electron chi connectivity index (χ0n) is 12.3. The van der Waals surface area contributed by atoms with Crippen molar-refractivity contribution in [1.29, 1.82) is 0 Å². The summed E-state index contributed by atoms with van der Waals surface area (Å²) >= 11 is 6.09. The molecule has 0 aliphatic carbocycles. The number of nitrogens with zero attached hydrogens (tertiary/aromatic N) is 3. The summed E-state index contributed by atoms with van der Waals surface area (Å²) in [4.78, 5) is 21.0. The van der Waals surface area contributed by atoms with Crippen LogP contribution in [0.15, 0.2) is 18.5 Å². The second-order valence-corrected chi connectivity index (χ2v) is 6.38. The first kappa shape index (κ1) is 14.8. The molecular formula is C16H22ClN3O. The highest BCUT2D eigenvalue weighted by atomic mass is 35.5. The molecule has 0 radical (unpaired) electrons. The molecule has 1 amide bonds. The summed E-state index contributed by atoms with van der Waals surface area (Å²) < 4.78 is 0. The minimum absolute atomic E-state index is 0.0187. The van der Waals surface area contributed by atoms with E-state index in [1.807, 2.05) is 4.90 Å². The fraction of sp³-hybridized carbons (Fsp3) is 0.625. The van der Waals surface area contributed by atoms with E-state index in [1.54, 1.807) is 18.5 Å². The Morgan fingerprint density at radius 3 is 2.52 bits per heavy atom. The summed E-state index contributed by atoms with van der Waals surface area (Å²) in [6, 6.07) is 2.33. The van der Waals surface area contributed by atoms with E-state index in [9.17, 15) is 4.79 Å². The lowest BCUT2D eigenvalue weighted by atomic mass is 9.99. The molecule has 1 aromatic rings. The highest BCUT2D eigenvalue weighted by molar-refractivity contribution is 6.33. The van der Waals surface area contributed by atoms with Crippen LogP contribution in [0.1, 0.15) is 42.5 Å². The highest BCUT2D eigenvalue weighted by Gasteiger charge is 2.28. The number of halogens is 1. The molecule has 5 heteroatoms. The molecule has 2 fully saturated rings. The van der Waals surface area contributed by atoms with E-state index < -0.39 is 0 Å². The van der Waals surface area contributed by atoms with E-state index in [2.05, 4.69) is 9.88 Å². The second kappa shape index (κ2) is 6.75. The molecule has 4 nitrogen and oxygen atoms in total. The predicted molar refractivity (Wildman–Crippen MR) is 83.6 cm³/mol. The van der Waals surface area contributed by atoms with E-state index in [1.165, 1.54) is 32.4 Å². The van der Waals surface area contributed by atoms with Gasteiger partial charge in [0.25, 0.3) is 5.91 Å². The number of amides is 1. The fourth-order valence-corrected chi connectivity index (χ4v) is 3.61. The molecule has 0 bridgehead atoms. The normalized spacial score (nSPS) is 21.5. The van der Waals surface area contributed by atoms with Crippen molar-refractivity contribution < 1.29 is 4.79 Å². The number of carbonyl (C=O) groups excluding carboxylic acids is 1. The SMILES string of the molecule is O=C(c1cnccc1Cl)N1CCC(N2CCCCC2)CC1. The van der Waals surface area contributed by atoms with Crippen LogP contribution in [-0.4, -0.2) is 52.9 Å². The smallest absolute Gasteiger partial charge is 0.256 e. The molecule has 3 rings (SSSR count). The number of hydrogen-bond acceptors (Lipinski definition) is 3. The second-order valence-electron chi connectivity index (χ2n) is 5.98. The molecule has 0 unspecified atom stereocenters. The third kappa shape index (κ3) is 3.38. The molecule has 21 heavy (non-hydrogen) atoms. The number of pyridine rings is 1. The van der Waals surface area contributed by atoms with Crippen LogP contribution in [0.25, 0.3) is 0 Å². The van der Waals surface area contributed by atoms with Crippen molar-refractivity contribution in [1.82, 2.24) is 14.8 Å². The Hall–Kier alpha value is -1.13. The van der Waals surface area contributed by atoms with Crippen molar-refractivity contribution in [2.24, 2.45) is 0 Å². The van der Waals surface area contributed by atoms with E-state index >= 15 is 0 Å². The first-order valence-corrected chi connectivity index (χ1v) is 8.26. The van der Waals surface area contributed by atoms with Crippen LogP contribution >= 0.6 is 11.6 Å². The van der Waals surface area contributed by atoms with Crippen molar-refractivity contribution in [3.8, 4) is 0 Å². The topological polar surface area (TPSA) is 36.4 Å². The van der Waals surface area contributed by atoms with Gasteiger partial charge in [0.15, 0.2) is 0 Å². The van der Waals surface area contributed by atoms with Crippen LogP contribution in [0.3, 0.4) is 0 Å². The minimum atomic E-state index is 0.0187. The molecule has 2 aliphatic heterocycles. The van der Waals surface area contributed by atoms with Gasteiger partial charge < -0.3 is 9.80 Å². The molecule has 0 saturated carbocycles. The van der Waals surface area contributed by atoms with E-state index in [-0.39, 0.29) is 5.91 Å². The Morgan fingerprint density at radius 2 is 1.86 bits per heavy atom. The molecule has 2 aliphatic rings. The highest BCUT2D eigenvalue weighted by Crippen LogP contribution is 2.23. The van der Waals surface area contributed by atoms with Crippen molar-refractivity contribution in [2.75, 3.05) is 26.2 Å². The van der Waals surface area contributed by atoms with E-state index in [4.69, 9.17) is 11.6 Å². The van der Waals surface area contributed by atoms with Gasteiger partial charge in [0.2, 0.25) is 0 Å². The van der Waals surface area contributed by atoms with E-state index in [0.717, 1.165) is 25.9 Å². The summed E-state index contributed by atoms with van der Waals surface area (Å²) in [5.74, 6) is 0.0187. The number of aromatic nitrogens is 1. The summed E-state index contributed by atoms with van der Waals surface area (Å²) in [6.45, 7) is 4.11. The monoisotopic (exact) mass is 307 g/mol. The Kier molecular flexibility index (Phi) is 4.76. The number of piperidine rings is 2. The van der Waals surface area contributed by atoms with Gasteiger partial charge in [-0.1, -0.05) is 18.0 Å². The fourth-order valence-electron chi connectivity index (χ4n) is 3.42. The maximum Gasteiger partial charge on any atom is 0.256 e. The van der Waals surface area contributed by atoms with Gasteiger partial charge in [-0.25, -0.2) is 0 Å². The number of rotatable bonds is 2. The maximum absolute atomic E-state index is 12.5. The van der Waals surface area contributed by atoms with Gasteiger partial charge in [0.05, 0.1) is 10.6 Å². The van der Waals surface area contributed by atoms with Gasteiger partial charge in [0, 0.05) is 31.5 Å². The molecule has 0 atom stereocenters. The molecular weight excluding hydrogens is 286 g/mol. The zero-order chi connectivity index (χ0) is 14.7. The van der Waals surface area contributed by atoms with Gasteiger partial charge in [-0.05, 0) is 44.8 Å². The van der Waals surface area contributed by atoms with Crippen LogP contribution in [0.2, 0.25) is 5.02 Å². The lowest BCUT2D eigenvalue weighted by molar-refractivity contribution is 0.0590. The first-order chi connectivity index (χ1) is 10.3. The lowest BCUT2D eigenvalue weighted by Gasteiger charge is -2.40. The van der Waals surface area contributed by atoms with Crippen LogP contribution in [-0.2, 0) is 0 Å². The Balaban J connectivity index is 1.58. The van der Waals surface area contributed by atoms with Crippen LogP contribution in [0.5, 0.6) is 0 Å². The summed E-state index contributed by atoms with van der Waals surface area (Å²) in [6.07, 6.45) is 9.35. The third-order valence-corrected chi connectivity index (χ3v) is 4.99. The van der Waals surface area contributed by atoms with Crippen LogP contribution < -0.4 is 0 Å². The first-order valence-electron chi connectivity index (χ1n) is 7.88. The molecule has 2 saturated heterocycles. The molecule has 3 heterocycles. The quantitative estimate of drug-likeness (QED) is 0.843. The van der Waals surface area contributed by atoms with Crippen molar-refractivity contribution in [3.63, 3.8) is 0 Å². The molecule has 1 aromatic heterocycles. The molecule has 0 aromatic carbocycles. The molecule has 0 spiro atoms. The summed E-state index contributed by atoms with van der Waals surface area (Å²) in [5.41, 5.74) is 0.524. The van der Waals surface area contributed by atoms with Crippen molar-refractivity contribution in [3.05, 3.63) is 29.0 Å².